The Morgan fingerprint density at radius 3 is 2.94 bits per heavy atom. The van der Waals surface area contributed by atoms with Crippen molar-refractivity contribution >= 4 is 17.3 Å². The molecule has 1 atom stereocenters. The van der Waals surface area contributed by atoms with Crippen molar-refractivity contribution in [2.75, 3.05) is 30.8 Å². The number of nitrogen functional groups attached to an aromatic ring is 1. The normalized spacial score (nSPS) is 19.7. The van der Waals surface area contributed by atoms with Crippen LogP contribution in [0.3, 0.4) is 0 Å². The van der Waals surface area contributed by atoms with Gasteiger partial charge in [0.25, 0.3) is 0 Å². The molecule has 2 rings (SSSR count). The number of piperidine rings is 1. The number of carbonyl (C=O) groups is 1. The zero-order chi connectivity index (χ0) is 13.1. The van der Waals surface area contributed by atoms with Gasteiger partial charge in [0.1, 0.15) is 0 Å². The van der Waals surface area contributed by atoms with Crippen LogP contribution in [0.5, 0.6) is 0 Å². The van der Waals surface area contributed by atoms with E-state index < -0.39 is 0 Å². The molecule has 1 aliphatic rings. The Balaban J connectivity index is 2.26. The Bertz CT molecular complexity index is 445. The van der Waals surface area contributed by atoms with Crippen molar-refractivity contribution in [3.8, 4) is 0 Å². The molecule has 1 aromatic carbocycles. The van der Waals surface area contributed by atoms with Gasteiger partial charge in [-0.25, -0.2) is 4.79 Å². The summed E-state index contributed by atoms with van der Waals surface area (Å²) < 4.78 is 4.74. The van der Waals surface area contributed by atoms with Gasteiger partial charge in [0.2, 0.25) is 0 Å². The highest BCUT2D eigenvalue weighted by atomic mass is 16.5. The zero-order valence-electron chi connectivity index (χ0n) is 11.0. The molecule has 0 spiro atoms. The Morgan fingerprint density at radius 1 is 1.50 bits per heavy atom. The lowest BCUT2D eigenvalue weighted by atomic mass is 9.99. The van der Waals surface area contributed by atoms with Gasteiger partial charge in [-0.05, 0) is 37.0 Å². The van der Waals surface area contributed by atoms with Crippen LogP contribution in [0.1, 0.15) is 30.1 Å². The third-order valence-electron chi connectivity index (χ3n) is 3.46. The van der Waals surface area contributed by atoms with Gasteiger partial charge in [-0.3, -0.25) is 0 Å². The van der Waals surface area contributed by atoms with E-state index in [9.17, 15) is 4.79 Å². The van der Waals surface area contributed by atoms with Crippen LogP contribution in [-0.2, 0) is 4.74 Å². The quantitative estimate of drug-likeness (QED) is 0.644. The first-order valence-electron chi connectivity index (χ1n) is 6.34. The minimum Gasteiger partial charge on any atom is -0.465 e. The number of nitrogens with zero attached hydrogens (tertiary/aromatic N) is 1. The molecule has 0 radical (unpaired) electrons. The number of hydrogen-bond acceptors (Lipinski definition) is 4. The summed E-state index contributed by atoms with van der Waals surface area (Å²) >= 11 is 0. The van der Waals surface area contributed by atoms with Crippen LogP contribution in [-0.4, -0.2) is 26.2 Å². The van der Waals surface area contributed by atoms with E-state index in [-0.39, 0.29) is 5.97 Å². The van der Waals surface area contributed by atoms with Gasteiger partial charge in [-0.1, -0.05) is 6.92 Å². The minimum absolute atomic E-state index is 0.376. The Labute approximate surface area is 108 Å². The summed E-state index contributed by atoms with van der Waals surface area (Å²) in [4.78, 5) is 13.9. The van der Waals surface area contributed by atoms with Gasteiger partial charge in [-0.15, -0.1) is 0 Å². The highest BCUT2D eigenvalue weighted by Gasteiger charge is 2.18. The maximum absolute atomic E-state index is 11.6. The lowest BCUT2D eigenvalue weighted by Crippen LogP contribution is -2.34. The van der Waals surface area contributed by atoms with Crippen LogP contribution in [0.4, 0.5) is 11.4 Å². The van der Waals surface area contributed by atoms with E-state index in [2.05, 4.69) is 11.8 Å². The van der Waals surface area contributed by atoms with Crippen LogP contribution < -0.4 is 10.6 Å². The third kappa shape index (κ3) is 2.58. The second kappa shape index (κ2) is 5.29. The van der Waals surface area contributed by atoms with Gasteiger partial charge >= 0.3 is 5.97 Å². The Hall–Kier alpha value is -1.71. The average Bonchev–Trinajstić information content (AvgIpc) is 2.38. The van der Waals surface area contributed by atoms with E-state index in [1.54, 1.807) is 6.07 Å². The molecular formula is C14H20N2O2. The fourth-order valence-corrected chi connectivity index (χ4v) is 2.45. The van der Waals surface area contributed by atoms with Crippen molar-refractivity contribution < 1.29 is 9.53 Å². The molecule has 1 aromatic rings. The summed E-state index contributed by atoms with van der Waals surface area (Å²) in [6.07, 6.45) is 2.47. The Kier molecular flexibility index (Phi) is 3.75. The molecule has 0 aromatic heterocycles. The predicted octanol–water partition coefficient (Wildman–Crippen LogP) is 2.29. The topological polar surface area (TPSA) is 55.6 Å². The van der Waals surface area contributed by atoms with Crippen molar-refractivity contribution in [2.45, 2.75) is 19.8 Å². The third-order valence-corrected chi connectivity index (χ3v) is 3.46. The van der Waals surface area contributed by atoms with Crippen molar-refractivity contribution in [2.24, 2.45) is 5.92 Å². The molecule has 2 N–H and O–H groups in total. The van der Waals surface area contributed by atoms with E-state index in [0.29, 0.717) is 17.2 Å². The molecule has 0 bridgehead atoms. The first-order valence-corrected chi connectivity index (χ1v) is 6.34. The number of benzene rings is 1. The summed E-state index contributed by atoms with van der Waals surface area (Å²) in [6.45, 7) is 4.32. The lowest BCUT2D eigenvalue weighted by molar-refractivity contribution is 0.0602. The van der Waals surface area contributed by atoms with E-state index in [4.69, 9.17) is 10.5 Å². The predicted molar refractivity (Wildman–Crippen MR) is 72.8 cm³/mol. The molecule has 18 heavy (non-hydrogen) atoms. The minimum atomic E-state index is -0.376. The number of hydrogen-bond donors (Lipinski definition) is 1. The number of esters is 1. The lowest BCUT2D eigenvalue weighted by Gasteiger charge is -2.33. The Morgan fingerprint density at radius 2 is 2.28 bits per heavy atom. The monoisotopic (exact) mass is 248 g/mol. The molecule has 1 saturated heterocycles. The largest absolute Gasteiger partial charge is 0.465 e. The van der Waals surface area contributed by atoms with Crippen molar-refractivity contribution in [1.82, 2.24) is 0 Å². The molecule has 1 heterocycles. The summed E-state index contributed by atoms with van der Waals surface area (Å²) in [5.74, 6) is 0.317. The second-order valence-corrected chi connectivity index (χ2v) is 4.96. The smallest absolute Gasteiger partial charge is 0.340 e. The number of anilines is 2. The van der Waals surface area contributed by atoms with Crippen molar-refractivity contribution in [3.63, 3.8) is 0 Å². The number of rotatable bonds is 2. The molecule has 0 saturated carbocycles. The number of ether oxygens (including phenoxy) is 1. The van der Waals surface area contributed by atoms with Crippen LogP contribution >= 0.6 is 0 Å². The van der Waals surface area contributed by atoms with Crippen LogP contribution in [0.25, 0.3) is 0 Å². The molecule has 4 heteroatoms. The van der Waals surface area contributed by atoms with Gasteiger partial charge in [0.15, 0.2) is 0 Å². The van der Waals surface area contributed by atoms with Crippen LogP contribution in [0.15, 0.2) is 18.2 Å². The van der Waals surface area contributed by atoms with Gasteiger partial charge in [0.05, 0.1) is 12.7 Å². The number of carbonyl (C=O) groups excluding carboxylic acids is 1. The van der Waals surface area contributed by atoms with Gasteiger partial charge in [-0.2, -0.15) is 0 Å². The highest BCUT2D eigenvalue weighted by molar-refractivity contribution is 5.96. The van der Waals surface area contributed by atoms with Gasteiger partial charge < -0.3 is 15.4 Å². The first kappa shape index (κ1) is 12.7. The maximum Gasteiger partial charge on any atom is 0.340 e. The fourth-order valence-electron chi connectivity index (χ4n) is 2.45. The fraction of sp³-hybridized carbons (Fsp3) is 0.500. The van der Waals surface area contributed by atoms with Crippen molar-refractivity contribution in [3.05, 3.63) is 23.8 Å². The molecule has 1 fully saturated rings. The van der Waals surface area contributed by atoms with Crippen LogP contribution in [0.2, 0.25) is 0 Å². The summed E-state index contributed by atoms with van der Waals surface area (Å²) in [5, 5.41) is 0. The highest BCUT2D eigenvalue weighted by Crippen LogP contribution is 2.26. The molecule has 4 nitrogen and oxygen atoms in total. The van der Waals surface area contributed by atoms with Crippen LogP contribution in [0, 0.1) is 5.92 Å². The molecule has 1 unspecified atom stereocenters. The maximum atomic E-state index is 11.6. The standard InChI is InChI=1S/C14H20N2O2/c1-10-4-3-7-16(9-10)11-5-6-13(15)12(8-11)14(17)18-2/h5-6,8,10H,3-4,7,9,15H2,1-2H3. The van der Waals surface area contributed by atoms with E-state index in [1.807, 2.05) is 12.1 Å². The SMILES string of the molecule is COC(=O)c1cc(N2CCCC(C)C2)ccc1N. The summed E-state index contributed by atoms with van der Waals surface area (Å²) in [5.41, 5.74) is 7.78. The average molecular weight is 248 g/mol. The second-order valence-electron chi connectivity index (χ2n) is 4.96. The van der Waals surface area contributed by atoms with Crippen molar-refractivity contribution in [1.29, 1.82) is 0 Å². The van der Waals surface area contributed by atoms with E-state index in [1.165, 1.54) is 20.0 Å². The first-order chi connectivity index (χ1) is 8.61. The molecule has 0 aliphatic carbocycles. The molecular weight excluding hydrogens is 228 g/mol. The molecule has 98 valence electrons. The molecule has 1 aliphatic heterocycles. The van der Waals surface area contributed by atoms with Gasteiger partial charge in [0, 0.05) is 24.5 Å². The summed E-state index contributed by atoms with van der Waals surface area (Å²) in [6, 6.07) is 5.58. The van der Waals surface area contributed by atoms with E-state index >= 15 is 0 Å². The number of nitrogens with two attached hydrogens (primary N) is 1. The number of methoxy groups -OCH3 is 1. The van der Waals surface area contributed by atoms with E-state index in [0.717, 1.165) is 18.8 Å². The zero-order valence-corrected chi connectivity index (χ0v) is 11.0. The summed E-state index contributed by atoms with van der Waals surface area (Å²) in [7, 11) is 1.37. The molecule has 0 amide bonds.